The first kappa shape index (κ1) is 16.0. The summed E-state index contributed by atoms with van der Waals surface area (Å²) in [6.45, 7) is 7.27. The average molecular weight is 352 g/mol. The number of thiazole rings is 1. The van der Waals surface area contributed by atoms with E-state index in [4.69, 9.17) is 4.98 Å². The van der Waals surface area contributed by atoms with E-state index in [1.54, 1.807) is 29.8 Å². The van der Waals surface area contributed by atoms with Crippen molar-refractivity contribution in [2.45, 2.75) is 13.8 Å². The third-order valence-corrected chi connectivity index (χ3v) is 5.63. The van der Waals surface area contributed by atoms with Crippen LogP contribution in [-0.4, -0.2) is 47.0 Å². The van der Waals surface area contributed by atoms with Crippen LogP contribution in [0.3, 0.4) is 0 Å². The van der Waals surface area contributed by atoms with Crippen LogP contribution in [0.5, 0.6) is 0 Å². The fraction of sp³-hybridized carbons (Fsp3) is 0.316. The highest BCUT2D eigenvalue weighted by atomic mass is 32.1. The zero-order valence-electron chi connectivity index (χ0n) is 14.4. The Bertz CT molecular complexity index is 914. The molecule has 0 spiro atoms. The number of fused-ring (bicyclic) bond motifs is 1. The molecule has 0 N–H and O–H groups in total. The van der Waals surface area contributed by atoms with Crippen LogP contribution in [0.2, 0.25) is 0 Å². The second-order valence-corrected chi connectivity index (χ2v) is 7.46. The number of nitrogens with zero attached hydrogens (tertiary/aromatic N) is 4. The third-order valence-electron chi connectivity index (χ3n) is 4.56. The van der Waals surface area contributed by atoms with Gasteiger partial charge in [0.2, 0.25) is 0 Å². The monoisotopic (exact) mass is 352 g/mol. The molecule has 2 aromatic heterocycles. The summed E-state index contributed by atoms with van der Waals surface area (Å²) in [5.41, 5.74) is 4.25. The van der Waals surface area contributed by atoms with E-state index in [1.807, 2.05) is 11.0 Å². The van der Waals surface area contributed by atoms with Crippen molar-refractivity contribution >= 4 is 32.6 Å². The van der Waals surface area contributed by atoms with E-state index in [0.717, 1.165) is 23.7 Å². The van der Waals surface area contributed by atoms with Crippen molar-refractivity contribution in [1.82, 2.24) is 14.9 Å². The maximum atomic E-state index is 12.5. The second kappa shape index (κ2) is 6.44. The van der Waals surface area contributed by atoms with Crippen molar-refractivity contribution in [3.63, 3.8) is 0 Å². The van der Waals surface area contributed by atoms with Crippen molar-refractivity contribution in [3.05, 3.63) is 53.3 Å². The molecule has 1 aliphatic rings. The second-order valence-electron chi connectivity index (χ2n) is 6.45. The molecule has 6 heteroatoms. The molecule has 4 rings (SSSR count). The Labute approximate surface area is 150 Å². The number of hydrogen-bond acceptors (Lipinski definition) is 5. The number of piperazine rings is 1. The summed E-state index contributed by atoms with van der Waals surface area (Å²) in [7, 11) is 0. The summed E-state index contributed by atoms with van der Waals surface area (Å²) in [5.74, 6) is 0.0588. The Morgan fingerprint density at radius 1 is 1.16 bits per heavy atom. The summed E-state index contributed by atoms with van der Waals surface area (Å²) >= 11 is 1.74. The zero-order valence-corrected chi connectivity index (χ0v) is 15.2. The van der Waals surface area contributed by atoms with Gasteiger partial charge in [0, 0.05) is 38.6 Å². The lowest BCUT2D eigenvalue weighted by atomic mass is 10.1. The Morgan fingerprint density at radius 3 is 2.68 bits per heavy atom. The number of amides is 1. The molecule has 128 valence electrons. The molecular formula is C19H20N4OS. The Kier molecular flexibility index (Phi) is 4.13. The van der Waals surface area contributed by atoms with Crippen LogP contribution in [0.15, 0.2) is 36.7 Å². The number of aromatic nitrogens is 2. The highest BCUT2D eigenvalue weighted by Crippen LogP contribution is 2.32. The number of aryl methyl sites for hydroxylation is 2. The number of rotatable bonds is 2. The van der Waals surface area contributed by atoms with Gasteiger partial charge >= 0.3 is 0 Å². The molecular weight excluding hydrogens is 332 g/mol. The smallest absolute Gasteiger partial charge is 0.255 e. The van der Waals surface area contributed by atoms with Crippen molar-refractivity contribution in [1.29, 1.82) is 0 Å². The standard InChI is InChI=1S/C19H20N4OS/c1-13-10-14(2)17-16(11-13)25-19(21-17)23-8-6-22(7-9-23)18(24)15-4-3-5-20-12-15/h3-5,10-12H,6-9H2,1-2H3. The molecule has 1 fully saturated rings. The molecule has 0 aliphatic carbocycles. The summed E-state index contributed by atoms with van der Waals surface area (Å²) < 4.78 is 1.24. The molecule has 5 nitrogen and oxygen atoms in total. The molecule has 0 bridgehead atoms. The van der Waals surface area contributed by atoms with E-state index in [9.17, 15) is 4.79 Å². The van der Waals surface area contributed by atoms with Crippen LogP contribution >= 0.6 is 11.3 Å². The highest BCUT2D eigenvalue weighted by molar-refractivity contribution is 7.22. The summed E-state index contributed by atoms with van der Waals surface area (Å²) in [5, 5.41) is 1.05. The first-order chi connectivity index (χ1) is 12.1. The first-order valence-electron chi connectivity index (χ1n) is 8.44. The maximum Gasteiger partial charge on any atom is 0.255 e. The number of anilines is 1. The average Bonchev–Trinajstić information content (AvgIpc) is 3.06. The fourth-order valence-corrected chi connectivity index (χ4v) is 4.46. The van der Waals surface area contributed by atoms with E-state index >= 15 is 0 Å². The van der Waals surface area contributed by atoms with Gasteiger partial charge in [-0.2, -0.15) is 0 Å². The zero-order chi connectivity index (χ0) is 17.4. The minimum absolute atomic E-state index is 0.0588. The van der Waals surface area contributed by atoms with Crippen LogP contribution in [0.4, 0.5) is 5.13 Å². The normalized spacial score (nSPS) is 15.0. The molecule has 3 aromatic rings. The first-order valence-corrected chi connectivity index (χ1v) is 9.25. The molecule has 0 unspecified atom stereocenters. The van der Waals surface area contributed by atoms with E-state index < -0.39 is 0 Å². The third kappa shape index (κ3) is 3.09. The van der Waals surface area contributed by atoms with Crippen molar-refractivity contribution in [2.75, 3.05) is 31.1 Å². The predicted molar refractivity (Wildman–Crippen MR) is 101 cm³/mol. The number of carbonyl (C=O) groups excluding carboxylic acids is 1. The van der Waals surface area contributed by atoms with E-state index in [-0.39, 0.29) is 5.91 Å². The van der Waals surface area contributed by atoms with Crippen LogP contribution in [0, 0.1) is 13.8 Å². The SMILES string of the molecule is Cc1cc(C)c2nc(N3CCN(C(=O)c4cccnc4)CC3)sc2c1. The van der Waals surface area contributed by atoms with E-state index in [2.05, 4.69) is 35.9 Å². The van der Waals surface area contributed by atoms with Gasteiger partial charge < -0.3 is 9.80 Å². The number of pyridine rings is 1. The molecule has 1 saturated heterocycles. The van der Waals surface area contributed by atoms with Crippen LogP contribution in [-0.2, 0) is 0 Å². The lowest BCUT2D eigenvalue weighted by molar-refractivity contribution is 0.0746. The van der Waals surface area contributed by atoms with Crippen LogP contribution < -0.4 is 4.90 Å². The van der Waals surface area contributed by atoms with Crippen LogP contribution in [0.1, 0.15) is 21.5 Å². The van der Waals surface area contributed by atoms with E-state index in [1.165, 1.54) is 15.8 Å². The highest BCUT2D eigenvalue weighted by Gasteiger charge is 2.24. The molecule has 25 heavy (non-hydrogen) atoms. The summed E-state index contributed by atoms with van der Waals surface area (Å²) in [4.78, 5) is 25.6. The van der Waals surface area contributed by atoms with Crippen molar-refractivity contribution in [3.8, 4) is 0 Å². The van der Waals surface area contributed by atoms with Gasteiger partial charge in [-0.25, -0.2) is 4.98 Å². The van der Waals surface area contributed by atoms with Gasteiger partial charge in [-0.05, 0) is 43.2 Å². The number of hydrogen-bond donors (Lipinski definition) is 0. The lowest BCUT2D eigenvalue weighted by Crippen LogP contribution is -2.48. The fourth-order valence-electron chi connectivity index (χ4n) is 3.27. The van der Waals surface area contributed by atoms with Crippen LogP contribution in [0.25, 0.3) is 10.2 Å². The molecule has 0 saturated carbocycles. The minimum Gasteiger partial charge on any atom is -0.345 e. The largest absolute Gasteiger partial charge is 0.345 e. The quantitative estimate of drug-likeness (QED) is 0.710. The topological polar surface area (TPSA) is 49.3 Å². The molecule has 3 heterocycles. The van der Waals surface area contributed by atoms with Gasteiger partial charge in [0.05, 0.1) is 15.8 Å². The van der Waals surface area contributed by atoms with Crippen molar-refractivity contribution in [2.24, 2.45) is 0 Å². The van der Waals surface area contributed by atoms with Crippen molar-refractivity contribution < 1.29 is 4.79 Å². The Hall–Kier alpha value is -2.47. The summed E-state index contributed by atoms with van der Waals surface area (Å²) in [6, 6.07) is 8.00. The molecule has 0 atom stereocenters. The predicted octanol–water partition coefficient (Wildman–Crippen LogP) is 3.27. The molecule has 0 radical (unpaired) electrons. The molecule has 1 aliphatic heterocycles. The lowest BCUT2D eigenvalue weighted by Gasteiger charge is -2.34. The van der Waals surface area contributed by atoms with Gasteiger partial charge in [-0.3, -0.25) is 9.78 Å². The molecule has 1 aromatic carbocycles. The number of carbonyl (C=O) groups is 1. The van der Waals surface area contributed by atoms with Gasteiger partial charge in [0.15, 0.2) is 5.13 Å². The maximum absolute atomic E-state index is 12.5. The van der Waals surface area contributed by atoms with Gasteiger partial charge in [-0.1, -0.05) is 17.4 Å². The summed E-state index contributed by atoms with van der Waals surface area (Å²) in [6.07, 6.45) is 3.32. The Balaban J connectivity index is 1.49. The Morgan fingerprint density at radius 2 is 1.96 bits per heavy atom. The van der Waals surface area contributed by atoms with E-state index in [0.29, 0.717) is 18.7 Å². The van der Waals surface area contributed by atoms with Gasteiger partial charge in [0.25, 0.3) is 5.91 Å². The minimum atomic E-state index is 0.0588. The van der Waals surface area contributed by atoms with Gasteiger partial charge in [-0.15, -0.1) is 0 Å². The van der Waals surface area contributed by atoms with Gasteiger partial charge in [0.1, 0.15) is 0 Å². The number of benzene rings is 1. The molecule has 1 amide bonds.